The summed E-state index contributed by atoms with van der Waals surface area (Å²) in [5.41, 5.74) is 0.687. The normalized spacial score (nSPS) is 27.5. The van der Waals surface area contributed by atoms with Crippen molar-refractivity contribution in [2.75, 3.05) is 6.54 Å². The molecule has 2 aromatic rings. The first kappa shape index (κ1) is 18.1. The predicted octanol–water partition coefficient (Wildman–Crippen LogP) is 2.35. The smallest absolute Gasteiger partial charge is 0.234 e. The first-order valence-electron chi connectivity index (χ1n) is 9.44. The standard InChI is InChI=1S/C21H24FN3O2/c22-16-6-4-15(5-7-16)13-24-20(26)14-25-17-8-9-18(25)12-21(27,11-17)19-3-1-2-10-23-19/h1-7,10,17-18,27H,8-9,11-14H2,(H,24,26)/t17-,18+,21?. The molecule has 2 aliphatic heterocycles. The molecule has 1 aromatic carbocycles. The van der Waals surface area contributed by atoms with Crippen LogP contribution in [0.2, 0.25) is 0 Å². The molecule has 2 bridgehead atoms. The van der Waals surface area contributed by atoms with Gasteiger partial charge in [0.1, 0.15) is 11.4 Å². The number of nitrogens with zero attached hydrogens (tertiary/aromatic N) is 2. The molecule has 3 heterocycles. The maximum Gasteiger partial charge on any atom is 0.234 e. The van der Waals surface area contributed by atoms with Crippen LogP contribution >= 0.6 is 0 Å². The number of hydrogen-bond donors (Lipinski definition) is 2. The van der Waals surface area contributed by atoms with Gasteiger partial charge in [-0.3, -0.25) is 14.7 Å². The van der Waals surface area contributed by atoms with Crippen molar-refractivity contribution in [2.24, 2.45) is 0 Å². The lowest BCUT2D eigenvalue weighted by atomic mass is 9.83. The molecule has 1 aromatic heterocycles. The zero-order chi connectivity index (χ0) is 18.9. The topological polar surface area (TPSA) is 65.5 Å². The third-order valence-electron chi connectivity index (χ3n) is 5.79. The van der Waals surface area contributed by atoms with Crippen LogP contribution in [0.25, 0.3) is 0 Å². The summed E-state index contributed by atoms with van der Waals surface area (Å²) in [5, 5.41) is 14.0. The zero-order valence-corrected chi connectivity index (χ0v) is 15.1. The van der Waals surface area contributed by atoms with Gasteiger partial charge < -0.3 is 10.4 Å². The quantitative estimate of drug-likeness (QED) is 0.849. The van der Waals surface area contributed by atoms with Gasteiger partial charge in [0.2, 0.25) is 5.91 Å². The molecule has 2 fully saturated rings. The lowest BCUT2D eigenvalue weighted by molar-refractivity contribution is -0.126. The highest BCUT2D eigenvalue weighted by Crippen LogP contribution is 2.44. The van der Waals surface area contributed by atoms with Gasteiger partial charge in [-0.15, -0.1) is 0 Å². The molecule has 0 aliphatic carbocycles. The van der Waals surface area contributed by atoms with Crippen LogP contribution in [-0.4, -0.2) is 39.5 Å². The number of fused-ring (bicyclic) bond motifs is 2. The van der Waals surface area contributed by atoms with E-state index in [4.69, 9.17) is 0 Å². The minimum absolute atomic E-state index is 0.0421. The number of benzene rings is 1. The van der Waals surface area contributed by atoms with Crippen LogP contribution in [0.4, 0.5) is 4.39 Å². The van der Waals surface area contributed by atoms with Crippen molar-refractivity contribution in [1.82, 2.24) is 15.2 Å². The van der Waals surface area contributed by atoms with Gasteiger partial charge in [-0.25, -0.2) is 4.39 Å². The van der Waals surface area contributed by atoms with Gasteiger partial charge in [0.25, 0.3) is 0 Å². The molecule has 0 radical (unpaired) electrons. The average Bonchev–Trinajstić information content (AvgIpc) is 2.92. The van der Waals surface area contributed by atoms with Gasteiger partial charge in [0, 0.05) is 24.8 Å². The molecule has 142 valence electrons. The van der Waals surface area contributed by atoms with Crippen molar-refractivity contribution in [3.8, 4) is 0 Å². The number of rotatable bonds is 5. The SMILES string of the molecule is O=C(CN1[C@@H]2CC[C@H]1CC(O)(c1ccccn1)C2)NCc1ccc(F)cc1. The number of aliphatic hydroxyl groups is 1. The highest BCUT2D eigenvalue weighted by Gasteiger charge is 2.49. The first-order chi connectivity index (χ1) is 13.0. The fourth-order valence-electron chi connectivity index (χ4n) is 4.45. The summed E-state index contributed by atoms with van der Waals surface area (Å²) in [6.45, 7) is 0.717. The van der Waals surface area contributed by atoms with Crippen LogP contribution in [0.1, 0.15) is 36.9 Å². The largest absolute Gasteiger partial charge is 0.383 e. The van der Waals surface area contributed by atoms with Crippen LogP contribution in [0.3, 0.4) is 0 Å². The van der Waals surface area contributed by atoms with E-state index in [2.05, 4.69) is 15.2 Å². The molecule has 2 N–H and O–H groups in total. The summed E-state index contributed by atoms with van der Waals surface area (Å²) in [4.78, 5) is 19.0. The molecule has 1 unspecified atom stereocenters. The van der Waals surface area contributed by atoms with Gasteiger partial charge in [-0.1, -0.05) is 18.2 Å². The van der Waals surface area contributed by atoms with E-state index in [-0.39, 0.29) is 23.8 Å². The zero-order valence-electron chi connectivity index (χ0n) is 15.1. The predicted molar refractivity (Wildman–Crippen MR) is 99.1 cm³/mol. The Labute approximate surface area is 158 Å². The van der Waals surface area contributed by atoms with E-state index in [0.29, 0.717) is 25.9 Å². The molecule has 3 atom stereocenters. The Morgan fingerprint density at radius 1 is 1.19 bits per heavy atom. The van der Waals surface area contributed by atoms with Gasteiger partial charge in [0.15, 0.2) is 0 Å². The number of pyridine rings is 1. The Balaban J connectivity index is 1.35. The van der Waals surface area contributed by atoms with Crippen LogP contribution in [0, 0.1) is 5.82 Å². The van der Waals surface area contributed by atoms with E-state index in [9.17, 15) is 14.3 Å². The molecule has 4 rings (SSSR count). The van der Waals surface area contributed by atoms with Crippen molar-refractivity contribution in [2.45, 2.75) is 49.9 Å². The molecule has 1 amide bonds. The number of nitrogens with one attached hydrogen (secondary N) is 1. The molecule has 27 heavy (non-hydrogen) atoms. The Bertz CT molecular complexity index is 783. The number of halogens is 1. The van der Waals surface area contributed by atoms with Crippen LogP contribution < -0.4 is 5.32 Å². The second-order valence-electron chi connectivity index (χ2n) is 7.62. The molecule has 0 spiro atoms. The van der Waals surface area contributed by atoms with E-state index < -0.39 is 5.60 Å². The van der Waals surface area contributed by atoms with Crippen molar-refractivity contribution >= 4 is 5.91 Å². The minimum Gasteiger partial charge on any atom is -0.383 e. The second-order valence-corrected chi connectivity index (χ2v) is 7.62. The number of amides is 1. The van der Waals surface area contributed by atoms with Crippen LogP contribution in [-0.2, 0) is 16.9 Å². The van der Waals surface area contributed by atoms with E-state index >= 15 is 0 Å². The molecular formula is C21H24FN3O2. The Morgan fingerprint density at radius 3 is 2.52 bits per heavy atom. The average molecular weight is 369 g/mol. The van der Waals surface area contributed by atoms with Gasteiger partial charge in [-0.05, 0) is 55.5 Å². The molecule has 0 saturated carbocycles. The minimum atomic E-state index is -0.909. The van der Waals surface area contributed by atoms with E-state index in [1.54, 1.807) is 18.3 Å². The summed E-state index contributed by atoms with van der Waals surface area (Å²) < 4.78 is 13.0. The molecule has 6 heteroatoms. The Morgan fingerprint density at radius 2 is 1.89 bits per heavy atom. The summed E-state index contributed by atoms with van der Waals surface area (Å²) in [5.74, 6) is -0.324. The lowest BCUT2D eigenvalue weighted by Crippen LogP contribution is -2.52. The third-order valence-corrected chi connectivity index (χ3v) is 5.79. The number of aromatic nitrogens is 1. The molecule has 2 aliphatic rings. The molecular weight excluding hydrogens is 345 g/mol. The fraction of sp³-hybridized carbons (Fsp3) is 0.429. The maximum absolute atomic E-state index is 13.0. The maximum atomic E-state index is 13.0. The van der Waals surface area contributed by atoms with Crippen molar-refractivity contribution < 1.29 is 14.3 Å². The monoisotopic (exact) mass is 369 g/mol. The van der Waals surface area contributed by atoms with E-state index in [1.807, 2.05) is 18.2 Å². The molecule has 2 saturated heterocycles. The summed E-state index contributed by atoms with van der Waals surface area (Å²) in [6.07, 6.45) is 4.90. The Kier molecular flexibility index (Phi) is 4.93. The third kappa shape index (κ3) is 3.87. The van der Waals surface area contributed by atoms with Gasteiger partial charge in [-0.2, -0.15) is 0 Å². The number of hydrogen-bond acceptors (Lipinski definition) is 4. The number of piperidine rings is 1. The summed E-state index contributed by atoms with van der Waals surface area (Å²) in [6, 6.07) is 12.1. The van der Waals surface area contributed by atoms with E-state index in [0.717, 1.165) is 24.1 Å². The van der Waals surface area contributed by atoms with Crippen LogP contribution in [0.5, 0.6) is 0 Å². The first-order valence-corrected chi connectivity index (χ1v) is 9.44. The fourth-order valence-corrected chi connectivity index (χ4v) is 4.45. The highest BCUT2D eigenvalue weighted by atomic mass is 19.1. The molecule has 5 nitrogen and oxygen atoms in total. The van der Waals surface area contributed by atoms with E-state index in [1.165, 1.54) is 12.1 Å². The lowest BCUT2D eigenvalue weighted by Gasteiger charge is -2.43. The summed E-state index contributed by atoms with van der Waals surface area (Å²) >= 11 is 0. The van der Waals surface area contributed by atoms with Crippen LogP contribution in [0.15, 0.2) is 48.7 Å². The van der Waals surface area contributed by atoms with Crippen molar-refractivity contribution in [3.63, 3.8) is 0 Å². The number of carbonyl (C=O) groups excluding carboxylic acids is 1. The van der Waals surface area contributed by atoms with Gasteiger partial charge in [0.05, 0.1) is 12.2 Å². The van der Waals surface area contributed by atoms with Gasteiger partial charge >= 0.3 is 0 Å². The van der Waals surface area contributed by atoms with Crippen molar-refractivity contribution in [3.05, 3.63) is 65.7 Å². The second kappa shape index (κ2) is 7.37. The van der Waals surface area contributed by atoms with Crippen molar-refractivity contribution in [1.29, 1.82) is 0 Å². The Hall–Kier alpha value is -2.31. The number of carbonyl (C=O) groups is 1. The highest BCUT2D eigenvalue weighted by molar-refractivity contribution is 5.78. The summed E-state index contributed by atoms with van der Waals surface area (Å²) in [7, 11) is 0.